The van der Waals surface area contributed by atoms with Crippen LogP contribution < -0.4 is 11.1 Å². The van der Waals surface area contributed by atoms with Crippen molar-refractivity contribution in [1.29, 1.82) is 0 Å². The van der Waals surface area contributed by atoms with E-state index in [1.807, 2.05) is 18.2 Å². The van der Waals surface area contributed by atoms with Gasteiger partial charge in [-0.05, 0) is 49.3 Å². The van der Waals surface area contributed by atoms with Gasteiger partial charge in [-0.2, -0.15) is 5.10 Å². The van der Waals surface area contributed by atoms with Crippen LogP contribution in [0.5, 0.6) is 0 Å². The Morgan fingerprint density at radius 2 is 2.14 bits per heavy atom. The lowest BCUT2D eigenvalue weighted by molar-refractivity contribution is -0.121. The van der Waals surface area contributed by atoms with Crippen LogP contribution in [-0.4, -0.2) is 22.1 Å². The molecule has 0 radical (unpaired) electrons. The van der Waals surface area contributed by atoms with E-state index in [0.29, 0.717) is 11.8 Å². The van der Waals surface area contributed by atoms with Crippen molar-refractivity contribution in [3.63, 3.8) is 0 Å². The van der Waals surface area contributed by atoms with Crippen LogP contribution in [0.25, 0.3) is 10.9 Å². The number of nitrogens with two attached hydrogens (primary N) is 1. The topological polar surface area (TPSA) is 83.8 Å². The number of benzene rings is 1. The zero-order valence-corrected chi connectivity index (χ0v) is 12.4. The fraction of sp³-hybridized carbons (Fsp3) is 0.467. The fourth-order valence-corrected chi connectivity index (χ4v) is 3.97. The summed E-state index contributed by atoms with van der Waals surface area (Å²) >= 11 is 0. The van der Waals surface area contributed by atoms with E-state index in [-0.39, 0.29) is 30.3 Å². The molecule has 1 heterocycles. The van der Waals surface area contributed by atoms with Crippen molar-refractivity contribution in [2.24, 2.45) is 23.5 Å². The number of amides is 1. The van der Waals surface area contributed by atoms with Gasteiger partial charge in [0.1, 0.15) is 0 Å². The molecule has 2 saturated carbocycles. The Morgan fingerprint density at radius 1 is 1.33 bits per heavy atom. The first-order chi connectivity index (χ1) is 9.72. The standard InChI is InChI=1S/C15H18N4O.ClH/c16-14-9-2-1-8(5-9)13(14)15(20)18-11-3-4-12-10(6-11)7-17-19-12;/h3-4,6-9,13-14H,1-2,5,16H2,(H,17,19)(H,18,20);1H. The fourth-order valence-electron chi connectivity index (χ4n) is 3.97. The first-order valence-electron chi connectivity index (χ1n) is 7.22. The van der Waals surface area contributed by atoms with E-state index in [1.165, 1.54) is 6.42 Å². The Hall–Kier alpha value is -1.59. The van der Waals surface area contributed by atoms with Gasteiger partial charge in [0.15, 0.2) is 0 Å². The van der Waals surface area contributed by atoms with Gasteiger partial charge in [-0.3, -0.25) is 9.89 Å². The zero-order chi connectivity index (χ0) is 13.7. The van der Waals surface area contributed by atoms with E-state index in [9.17, 15) is 4.79 Å². The molecule has 4 N–H and O–H groups in total. The first-order valence-corrected chi connectivity index (χ1v) is 7.22. The number of H-pyrrole nitrogens is 1. The highest BCUT2D eigenvalue weighted by atomic mass is 35.5. The summed E-state index contributed by atoms with van der Waals surface area (Å²) < 4.78 is 0. The lowest BCUT2D eigenvalue weighted by Gasteiger charge is -2.27. The Kier molecular flexibility index (Phi) is 3.63. The number of hydrogen-bond acceptors (Lipinski definition) is 3. The maximum atomic E-state index is 12.5. The molecule has 0 aliphatic heterocycles. The number of hydrogen-bond donors (Lipinski definition) is 3. The molecule has 112 valence electrons. The van der Waals surface area contributed by atoms with Crippen LogP contribution in [0.1, 0.15) is 19.3 Å². The third kappa shape index (κ3) is 2.30. The molecule has 2 bridgehead atoms. The Bertz CT molecular complexity index is 668. The number of aromatic nitrogens is 2. The molecule has 4 atom stereocenters. The summed E-state index contributed by atoms with van der Waals surface area (Å²) in [7, 11) is 0. The van der Waals surface area contributed by atoms with Gasteiger partial charge in [0, 0.05) is 17.1 Å². The number of nitrogens with one attached hydrogen (secondary N) is 2. The highest BCUT2D eigenvalue weighted by molar-refractivity contribution is 5.95. The average molecular weight is 307 g/mol. The normalized spacial score (nSPS) is 30.3. The lowest BCUT2D eigenvalue weighted by atomic mass is 9.84. The molecule has 0 spiro atoms. The maximum absolute atomic E-state index is 12.5. The summed E-state index contributed by atoms with van der Waals surface area (Å²) in [4.78, 5) is 12.5. The molecule has 4 rings (SSSR count). The van der Waals surface area contributed by atoms with Gasteiger partial charge in [-0.25, -0.2) is 0 Å². The van der Waals surface area contributed by atoms with E-state index in [2.05, 4.69) is 15.5 Å². The van der Waals surface area contributed by atoms with Crippen LogP contribution >= 0.6 is 12.4 Å². The minimum Gasteiger partial charge on any atom is -0.327 e. The number of anilines is 1. The van der Waals surface area contributed by atoms with Gasteiger partial charge < -0.3 is 11.1 Å². The number of halogens is 1. The predicted molar refractivity (Wildman–Crippen MR) is 84.3 cm³/mol. The van der Waals surface area contributed by atoms with Gasteiger partial charge in [-0.15, -0.1) is 12.4 Å². The Morgan fingerprint density at radius 3 is 2.90 bits per heavy atom. The molecule has 2 aliphatic carbocycles. The second kappa shape index (κ2) is 5.31. The van der Waals surface area contributed by atoms with Gasteiger partial charge in [0.2, 0.25) is 5.91 Å². The second-order valence-electron chi connectivity index (χ2n) is 6.10. The van der Waals surface area contributed by atoms with Crippen LogP contribution in [0.15, 0.2) is 24.4 Å². The van der Waals surface area contributed by atoms with E-state index in [4.69, 9.17) is 5.73 Å². The van der Waals surface area contributed by atoms with Crippen molar-refractivity contribution in [3.8, 4) is 0 Å². The van der Waals surface area contributed by atoms with E-state index >= 15 is 0 Å². The summed E-state index contributed by atoms with van der Waals surface area (Å²) in [6.07, 6.45) is 5.22. The molecule has 1 aromatic carbocycles. The minimum absolute atomic E-state index is 0. The van der Waals surface area contributed by atoms with Crippen LogP contribution in [-0.2, 0) is 4.79 Å². The van der Waals surface area contributed by atoms with Crippen LogP contribution in [0.2, 0.25) is 0 Å². The molecule has 5 nitrogen and oxygen atoms in total. The first kappa shape index (κ1) is 14.4. The molecule has 2 aromatic rings. The summed E-state index contributed by atoms with van der Waals surface area (Å²) in [5.74, 6) is 1.08. The van der Waals surface area contributed by atoms with Crippen LogP contribution in [0.3, 0.4) is 0 Å². The largest absolute Gasteiger partial charge is 0.327 e. The van der Waals surface area contributed by atoms with Crippen molar-refractivity contribution in [2.45, 2.75) is 25.3 Å². The monoisotopic (exact) mass is 306 g/mol. The smallest absolute Gasteiger partial charge is 0.229 e. The maximum Gasteiger partial charge on any atom is 0.229 e. The van der Waals surface area contributed by atoms with Crippen LogP contribution in [0, 0.1) is 17.8 Å². The highest BCUT2D eigenvalue weighted by Crippen LogP contribution is 2.47. The van der Waals surface area contributed by atoms with Crippen molar-refractivity contribution >= 4 is 34.9 Å². The molecule has 2 aliphatic rings. The molecule has 0 saturated heterocycles. The number of carbonyl (C=O) groups excluding carboxylic acids is 1. The van der Waals surface area contributed by atoms with Crippen molar-refractivity contribution < 1.29 is 4.79 Å². The molecule has 1 amide bonds. The molecular weight excluding hydrogens is 288 g/mol. The van der Waals surface area contributed by atoms with Crippen molar-refractivity contribution in [2.75, 3.05) is 5.32 Å². The zero-order valence-electron chi connectivity index (χ0n) is 11.6. The second-order valence-corrected chi connectivity index (χ2v) is 6.10. The summed E-state index contributed by atoms with van der Waals surface area (Å²) in [5.41, 5.74) is 8.01. The quantitative estimate of drug-likeness (QED) is 0.796. The SMILES string of the molecule is Cl.NC1C2CCC(C2)C1C(=O)Nc1ccc2[nH]ncc2c1. The number of aromatic amines is 1. The average Bonchev–Trinajstić information content (AvgIpc) is 3.12. The number of rotatable bonds is 2. The molecular formula is C15H19ClN4O. The molecule has 6 heteroatoms. The van der Waals surface area contributed by atoms with Crippen molar-refractivity contribution in [1.82, 2.24) is 10.2 Å². The predicted octanol–water partition coefficient (Wildman–Crippen LogP) is 2.30. The molecule has 2 fully saturated rings. The third-order valence-electron chi connectivity index (χ3n) is 4.99. The number of carbonyl (C=O) groups is 1. The van der Waals surface area contributed by atoms with E-state index in [0.717, 1.165) is 29.4 Å². The molecule has 21 heavy (non-hydrogen) atoms. The van der Waals surface area contributed by atoms with Crippen molar-refractivity contribution in [3.05, 3.63) is 24.4 Å². The van der Waals surface area contributed by atoms with E-state index in [1.54, 1.807) is 6.20 Å². The van der Waals surface area contributed by atoms with Crippen LogP contribution in [0.4, 0.5) is 5.69 Å². The van der Waals surface area contributed by atoms with Gasteiger partial charge in [0.05, 0.1) is 17.6 Å². The molecule has 4 unspecified atom stereocenters. The highest BCUT2D eigenvalue weighted by Gasteiger charge is 2.49. The Balaban J connectivity index is 0.00000132. The lowest BCUT2D eigenvalue weighted by Crippen LogP contribution is -2.42. The summed E-state index contributed by atoms with van der Waals surface area (Å²) in [6.45, 7) is 0. The molecule has 1 aromatic heterocycles. The Labute approximate surface area is 129 Å². The van der Waals surface area contributed by atoms with Gasteiger partial charge in [0.25, 0.3) is 0 Å². The van der Waals surface area contributed by atoms with E-state index < -0.39 is 0 Å². The number of fused-ring (bicyclic) bond motifs is 3. The van der Waals surface area contributed by atoms with Gasteiger partial charge in [-0.1, -0.05) is 0 Å². The minimum atomic E-state index is -0.0196. The summed E-state index contributed by atoms with van der Waals surface area (Å²) in [6, 6.07) is 5.80. The summed E-state index contributed by atoms with van der Waals surface area (Å²) in [5, 5.41) is 10.9. The third-order valence-corrected chi connectivity index (χ3v) is 4.99. The van der Waals surface area contributed by atoms with Gasteiger partial charge >= 0.3 is 0 Å². The number of nitrogens with zero attached hydrogens (tertiary/aromatic N) is 1.